The van der Waals surface area contributed by atoms with Crippen LogP contribution >= 0.6 is 0 Å². The largest absolute Gasteiger partial charge is 0.314 e. The molecule has 1 saturated heterocycles. The van der Waals surface area contributed by atoms with E-state index in [1.54, 1.807) is 0 Å². The molecule has 3 heteroatoms. The Bertz CT molecular complexity index is 242. The maximum atomic E-state index is 3.61. The summed E-state index contributed by atoms with van der Waals surface area (Å²) in [5, 5.41) is 3.61. The van der Waals surface area contributed by atoms with E-state index in [-0.39, 0.29) is 0 Å². The van der Waals surface area contributed by atoms with E-state index in [0.29, 0.717) is 17.5 Å². The highest BCUT2D eigenvalue weighted by atomic mass is 15.3. The molecule has 1 rings (SSSR count). The molecule has 0 aromatic heterocycles. The van der Waals surface area contributed by atoms with Crippen LogP contribution in [-0.4, -0.2) is 61.7 Å². The molecule has 0 saturated carbocycles. The first-order valence-electron chi connectivity index (χ1n) is 7.52. The van der Waals surface area contributed by atoms with E-state index in [1.165, 1.54) is 32.6 Å². The minimum absolute atomic E-state index is 0.403. The first-order chi connectivity index (χ1) is 8.36. The highest BCUT2D eigenvalue weighted by molar-refractivity contribution is 4.84. The Morgan fingerprint density at radius 3 is 2.50 bits per heavy atom. The van der Waals surface area contributed by atoms with Gasteiger partial charge in [-0.2, -0.15) is 0 Å². The maximum Gasteiger partial charge on any atom is 0.0192 e. The van der Waals surface area contributed by atoms with Gasteiger partial charge in [-0.1, -0.05) is 27.7 Å². The highest BCUT2D eigenvalue weighted by Crippen LogP contribution is 2.23. The summed E-state index contributed by atoms with van der Waals surface area (Å²) in [5.74, 6) is 0. The average molecular weight is 255 g/mol. The summed E-state index contributed by atoms with van der Waals surface area (Å²) in [6.07, 6.45) is 1.24. The van der Waals surface area contributed by atoms with Crippen LogP contribution in [0, 0.1) is 5.41 Å². The molecule has 0 aromatic rings. The highest BCUT2D eigenvalue weighted by Gasteiger charge is 2.28. The van der Waals surface area contributed by atoms with E-state index in [9.17, 15) is 0 Å². The fourth-order valence-electron chi connectivity index (χ4n) is 2.55. The molecular formula is C15H33N3. The first kappa shape index (κ1) is 15.9. The lowest BCUT2D eigenvalue weighted by Crippen LogP contribution is -2.53. The molecule has 0 radical (unpaired) electrons. The topological polar surface area (TPSA) is 18.5 Å². The Morgan fingerprint density at radius 1 is 1.33 bits per heavy atom. The van der Waals surface area contributed by atoms with Gasteiger partial charge in [0.15, 0.2) is 0 Å². The van der Waals surface area contributed by atoms with Crippen molar-refractivity contribution in [3.05, 3.63) is 0 Å². The molecule has 18 heavy (non-hydrogen) atoms. The number of likely N-dealkylation sites (N-methyl/N-ethyl adjacent to an activating group) is 1. The molecule has 0 spiro atoms. The molecule has 0 aromatic carbocycles. The lowest BCUT2D eigenvalue weighted by atomic mass is 9.86. The number of nitrogens with one attached hydrogen (secondary N) is 1. The van der Waals surface area contributed by atoms with Crippen molar-refractivity contribution >= 4 is 0 Å². The van der Waals surface area contributed by atoms with Gasteiger partial charge in [0.25, 0.3) is 0 Å². The molecule has 1 aliphatic rings. The second kappa shape index (κ2) is 6.88. The van der Waals surface area contributed by atoms with Crippen LogP contribution in [-0.2, 0) is 0 Å². The molecule has 1 fully saturated rings. The minimum Gasteiger partial charge on any atom is -0.314 e. The summed E-state index contributed by atoms with van der Waals surface area (Å²) >= 11 is 0. The summed E-state index contributed by atoms with van der Waals surface area (Å²) in [6.45, 7) is 17.5. The smallest absolute Gasteiger partial charge is 0.0192 e. The van der Waals surface area contributed by atoms with Crippen molar-refractivity contribution < 1.29 is 0 Å². The van der Waals surface area contributed by atoms with Crippen LogP contribution in [0.1, 0.15) is 41.0 Å². The van der Waals surface area contributed by atoms with Crippen molar-refractivity contribution in [3.63, 3.8) is 0 Å². The average Bonchev–Trinajstić information content (AvgIpc) is 2.31. The van der Waals surface area contributed by atoms with E-state index in [1.807, 2.05) is 0 Å². The molecule has 0 aliphatic carbocycles. The predicted molar refractivity (Wildman–Crippen MR) is 80.1 cm³/mol. The van der Waals surface area contributed by atoms with Gasteiger partial charge in [-0.3, -0.25) is 4.90 Å². The quantitative estimate of drug-likeness (QED) is 0.783. The van der Waals surface area contributed by atoms with E-state index in [2.05, 4.69) is 56.8 Å². The normalized spacial score (nSPS) is 26.5. The van der Waals surface area contributed by atoms with Gasteiger partial charge in [-0.05, 0) is 25.8 Å². The second-order valence-electron chi connectivity index (χ2n) is 6.76. The van der Waals surface area contributed by atoms with Crippen molar-refractivity contribution in [2.45, 2.75) is 53.1 Å². The molecule has 108 valence electrons. The third kappa shape index (κ3) is 4.87. The number of rotatable bonds is 6. The molecule has 2 atom stereocenters. The molecule has 2 unspecified atom stereocenters. The standard InChI is InChI=1S/C15H33N3/c1-7-15(5,11-16-13(2)3)12-18-9-8-17(6)14(4)10-18/h13-14,16H,7-12H2,1-6H3. The summed E-state index contributed by atoms with van der Waals surface area (Å²) in [6, 6.07) is 1.28. The molecule has 0 bridgehead atoms. The van der Waals surface area contributed by atoms with Crippen molar-refractivity contribution in [2.24, 2.45) is 5.41 Å². The maximum absolute atomic E-state index is 3.61. The van der Waals surface area contributed by atoms with Crippen LogP contribution in [0.5, 0.6) is 0 Å². The van der Waals surface area contributed by atoms with Crippen molar-refractivity contribution in [1.82, 2.24) is 15.1 Å². The van der Waals surface area contributed by atoms with Crippen LogP contribution in [0.25, 0.3) is 0 Å². The number of nitrogens with zero attached hydrogens (tertiary/aromatic N) is 2. The van der Waals surface area contributed by atoms with Crippen molar-refractivity contribution in [3.8, 4) is 0 Å². The van der Waals surface area contributed by atoms with Crippen LogP contribution < -0.4 is 5.32 Å². The zero-order valence-corrected chi connectivity index (χ0v) is 13.3. The van der Waals surface area contributed by atoms with E-state index in [0.717, 1.165) is 6.54 Å². The fraction of sp³-hybridized carbons (Fsp3) is 1.00. The molecule has 1 N–H and O–H groups in total. The monoisotopic (exact) mass is 255 g/mol. The van der Waals surface area contributed by atoms with Gasteiger partial charge >= 0.3 is 0 Å². The Labute approximate surface area is 114 Å². The Hall–Kier alpha value is -0.120. The zero-order valence-electron chi connectivity index (χ0n) is 13.3. The zero-order chi connectivity index (χ0) is 13.8. The Balaban J connectivity index is 2.46. The molecule has 3 nitrogen and oxygen atoms in total. The SMILES string of the molecule is CCC(C)(CNC(C)C)CN1CCN(C)C(C)C1. The molecule has 0 amide bonds. The van der Waals surface area contributed by atoms with Gasteiger partial charge in [0.2, 0.25) is 0 Å². The minimum atomic E-state index is 0.403. The van der Waals surface area contributed by atoms with Crippen LogP contribution in [0.2, 0.25) is 0 Å². The van der Waals surface area contributed by atoms with E-state index < -0.39 is 0 Å². The van der Waals surface area contributed by atoms with Gasteiger partial charge in [0.05, 0.1) is 0 Å². The number of hydrogen-bond acceptors (Lipinski definition) is 3. The van der Waals surface area contributed by atoms with Crippen molar-refractivity contribution in [2.75, 3.05) is 39.8 Å². The van der Waals surface area contributed by atoms with E-state index >= 15 is 0 Å². The van der Waals surface area contributed by atoms with Gasteiger partial charge in [-0.15, -0.1) is 0 Å². The molecule has 1 heterocycles. The molecular weight excluding hydrogens is 222 g/mol. The lowest BCUT2D eigenvalue weighted by molar-refractivity contribution is 0.0672. The van der Waals surface area contributed by atoms with Crippen LogP contribution in [0.15, 0.2) is 0 Å². The van der Waals surface area contributed by atoms with Crippen molar-refractivity contribution in [1.29, 1.82) is 0 Å². The second-order valence-corrected chi connectivity index (χ2v) is 6.76. The fourth-order valence-corrected chi connectivity index (χ4v) is 2.55. The van der Waals surface area contributed by atoms with Gasteiger partial charge < -0.3 is 10.2 Å². The summed E-state index contributed by atoms with van der Waals surface area (Å²) in [4.78, 5) is 5.11. The van der Waals surface area contributed by atoms with Crippen LogP contribution in [0.4, 0.5) is 0 Å². The number of piperazine rings is 1. The lowest BCUT2D eigenvalue weighted by Gasteiger charge is -2.42. The Kier molecular flexibility index (Phi) is 6.09. The Morgan fingerprint density at radius 2 is 2.00 bits per heavy atom. The third-order valence-corrected chi connectivity index (χ3v) is 4.44. The molecule has 1 aliphatic heterocycles. The van der Waals surface area contributed by atoms with Crippen LogP contribution in [0.3, 0.4) is 0 Å². The van der Waals surface area contributed by atoms with Gasteiger partial charge in [-0.25, -0.2) is 0 Å². The van der Waals surface area contributed by atoms with Gasteiger partial charge in [0, 0.05) is 44.8 Å². The number of hydrogen-bond donors (Lipinski definition) is 1. The first-order valence-corrected chi connectivity index (χ1v) is 7.52. The predicted octanol–water partition coefficient (Wildman–Crippen LogP) is 2.04. The summed E-state index contributed by atoms with van der Waals surface area (Å²) in [7, 11) is 2.24. The third-order valence-electron chi connectivity index (χ3n) is 4.44. The van der Waals surface area contributed by atoms with E-state index in [4.69, 9.17) is 0 Å². The van der Waals surface area contributed by atoms with Gasteiger partial charge in [0.1, 0.15) is 0 Å². The summed E-state index contributed by atoms with van der Waals surface area (Å²) < 4.78 is 0. The summed E-state index contributed by atoms with van der Waals surface area (Å²) in [5.41, 5.74) is 0.403.